The zero-order valence-corrected chi connectivity index (χ0v) is 14.3. The summed E-state index contributed by atoms with van der Waals surface area (Å²) in [5.74, 6) is -0.191. The fourth-order valence-electron chi connectivity index (χ4n) is 2.45. The number of rotatable bonds is 4. The number of benzene rings is 2. The molecule has 24 heavy (non-hydrogen) atoms. The fraction of sp³-hybridized carbons (Fsp3) is 0.100. The molecule has 3 nitrogen and oxygen atoms in total. The summed E-state index contributed by atoms with van der Waals surface area (Å²) in [7, 11) is 0. The Hall–Kier alpha value is -2.72. The number of carbonyl (C=O) groups excluding carboxylic acids is 2. The Balaban J connectivity index is 1.86. The van der Waals surface area contributed by atoms with Crippen LogP contribution >= 0.6 is 11.3 Å². The highest BCUT2D eigenvalue weighted by Crippen LogP contribution is 2.29. The van der Waals surface area contributed by atoms with Crippen LogP contribution in [0.1, 0.15) is 32.5 Å². The van der Waals surface area contributed by atoms with Crippen LogP contribution < -0.4 is 5.32 Å². The second-order valence-electron chi connectivity index (χ2n) is 5.62. The third-order valence-corrected chi connectivity index (χ3v) is 4.67. The minimum absolute atomic E-state index is 0.0254. The standard InChI is InChI=1S/C20H17NO2S/c1-13-6-8-15(9-7-13)18-10-11-24-19(18)20(23)21-17-5-3-4-16(12-17)14(2)22/h3-12H,1-2H3,(H,21,23). The molecule has 3 rings (SSSR count). The molecule has 0 aliphatic heterocycles. The van der Waals surface area contributed by atoms with Crippen molar-refractivity contribution < 1.29 is 9.59 Å². The molecule has 1 heterocycles. The first-order valence-electron chi connectivity index (χ1n) is 7.61. The first-order chi connectivity index (χ1) is 11.5. The maximum atomic E-state index is 12.6. The number of nitrogens with one attached hydrogen (secondary N) is 1. The van der Waals surface area contributed by atoms with E-state index in [0.29, 0.717) is 16.1 Å². The van der Waals surface area contributed by atoms with E-state index in [9.17, 15) is 9.59 Å². The Morgan fingerprint density at radius 2 is 1.75 bits per heavy atom. The van der Waals surface area contributed by atoms with Crippen molar-refractivity contribution in [1.82, 2.24) is 0 Å². The largest absolute Gasteiger partial charge is 0.321 e. The van der Waals surface area contributed by atoms with Gasteiger partial charge in [-0.25, -0.2) is 0 Å². The van der Waals surface area contributed by atoms with E-state index in [1.165, 1.54) is 23.8 Å². The van der Waals surface area contributed by atoms with E-state index < -0.39 is 0 Å². The van der Waals surface area contributed by atoms with Crippen LogP contribution in [0.3, 0.4) is 0 Å². The number of hydrogen-bond donors (Lipinski definition) is 1. The molecule has 0 saturated carbocycles. The Kier molecular flexibility index (Phi) is 4.58. The second-order valence-corrected chi connectivity index (χ2v) is 6.54. The number of thiophene rings is 1. The Bertz CT molecular complexity index is 894. The molecule has 0 unspecified atom stereocenters. The lowest BCUT2D eigenvalue weighted by Crippen LogP contribution is -2.11. The number of Topliss-reactive ketones (excluding diaryl/α,β-unsaturated/α-hetero) is 1. The molecule has 3 aromatic rings. The van der Waals surface area contributed by atoms with Gasteiger partial charge in [-0.15, -0.1) is 11.3 Å². The van der Waals surface area contributed by atoms with Gasteiger partial charge in [0.15, 0.2) is 5.78 Å². The number of amides is 1. The van der Waals surface area contributed by atoms with E-state index in [0.717, 1.165) is 11.1 Å². The topological polar surface area (TPSA) is 46.2 Å². The van der Waals surface area contributed by atoms with E-state index in [4.69, 9.17) is 0 Å². The maximum Gasteiger partial charge on any atom is 0.266 e. The van der Waals surface area contributed by atoms with Gasteiger partial charge in [0.2, 0.25) is 0 Å². The average molecular weight is 335 g/mol. The third kappa shape index (κ3) is 3.44. The molecule has 0 aliphatic carbocycles. The summed E-state index contributed by atoms with van der Waals surface area (Å²) in [4.78, 5) is 24.8. The lowest BCUT2D eigenvalue weighted by molar-refractivity contribution is 0.101. The number of carbonyl (C=O) groups is 2. The number of aryl methyl sites for hydroxylation is 1. The Morgan fingerprint density at radius 3 is 2.46 bits per heavy atom. The van der Waals surface area contributed by atoms with E-state index >= 15 is 0 Å². The first kappa shape index (κ1) is 16.1. The van der Waals surface area contributed by atoms with Crippen LogP contribution in [0.5, 0.6) is 0 Å². The Labute approximate surface area is 145 Å². The van der Waals surface area contributed by atoms with Gasteiger partial charge in [0.05, 0.1) is 4.88 Å². The minimum atomic E-state index is -0.165. The van der Waals surface area contributed by atoms with Crippen molar-refractivity contribution in [1.29, 1.82) is 0 Å². The molecule has 1 aromatic heterocycles. The van der Waals surface area contributed by atoms with E-state index in [1.807, 2.05) is 42.6 Å². The molecular weight excluding hydrogens is 318 g/mol. The van der Waals surface area contributed by atoms with Crippen LogP contribution in [0, 0.1) is 6.92 Å². The van der Waals surface area contributed by atoms with Crippen molar-refractivity contribution in [3.8, 4) is 11.1 Å². The summed E-state index contributed by atoms with van der Waals surface area (Å²) >= 11 is 1.41. The molecule has 0 fully saturated rings. The van der Waals surface area contributed by atoms with Gasteiger partial charge in [-0.1, -0.05) is 42.0 Å². The number of hydrogen-bond acceptors (Lipinski definition) is 3. The van der Waals surface area contributed by atoms with E-state index in [-0.39, 0.29) is 11.7 Å². The van der Waals surface area contributed by atoms with Crippen molar-refractivity contribution in [2.45, 2.75) is 13.8 Å². The quantitative estimate of drug-likeness (QED) is 0.668. The molecule has 1 N–H and O–H groups in total. The zero-order chi connectivity index (χ0) is 17.1. The molecular formula is C20H17NO2S. The van der Waals surface area contributed by atoms with Crippen molar-refractivity contribution in [2.75, 3.05) is 5.32 Å². The van der Waals surface area contributed by atoms with Crippen LogP contribution in [-0.2, 0) is 0 Å². The third-order valence-electron chi connectivity index (χ3n) is 3.76. The highest BCUT2D eigenvalue weighted by atomic mass is 32.1. The van der Waals surface area contributed by atoms with Gasteiger partial charge < -0.3 is 5.32 Å². The van der Waals surface area contributed by atoms with Crippen LogP contribution in [0.2, 0.25) is 0 Å². The minimum Gasteiger partial charge on any atom is -0.321 e. The summed E-state index contributed by atoms with van der Waals surface area (Å²) in [6, 6.07) is 17.0. The fourth-order valence-corrected chi connectivity index (χ4v) is 3.26. The summed E-state index contributed by atoms with van der Waals surface area (Å²) in [6.07, 6.45) is 0. The van der Waals surface area contributed by atoms with Gasteiger partial charge in [0.25, 0.3) is 5.91 Å². The molecule has 1 amide bonds. The van der Waals surface area contributed by atoms with Crippen molar-refractivity contribution in [2.24, 2.45) is 0 Å². The molecule has 0 atom stereocenters. The van der Waals surface area contributed by atoms with Gasteiger partial charge in [-0.2, -0.15) is 0 Å². The predicted molar refractivity (Wildman–Crippen MR) is 98.9 cm³/mol. The molecule has 0 bridgehead atoms. The van der Waals surface area contributed by atoms with Crippen LogP contribution in [0.4, 0.5) is 5.69 Å². The normalized spacial score (nSPS) is 10.4. The summed E-state index contributed by atoms with van der Waals surface area (Å²) in [5.41, 5.74) is 4.32. The lowest BCUT2D eigenvalue weighted by Gasteiger charge is -2.08. The van der Waals surface area contributed by atoms with Crippen molar-refractivity contribution >= 4 is 28.7 Å². The van der Waals surface area contributed by atoms with Gasteiger partial charge in [-0.05, 0) is 43.0 Å². The van der Waals surface area contributed by atoms with Gasteiger partial charge in [0, 0.05) is 16.8 Å². The van der Waals surface area contributed by atoms with Crippen LogP contribution in [0.15, 0.2) is 60.0 Å². The van der Waals surface area contributed by atoms with E-state index in [1.54, 1.807) is 24.3 Å². The highest BCUT2D eigenvalue weighted by molar-refractivity contribution is 7.12. The molecule has 120 valence electrons. The summed E-state index contributed by atoms with van der Waals surface area (Å²) < 4.78 is 0. The maximum absolute atomic E-state index is 12.6. The monoisotopic (exact) mass is 335 g/mol. The summed E-state index contributed by atoms with van der Waals surface area (Å²) in [5, 5.41) is 4.79. The molecule has 0 saturated heterocycles. The summed E-state index contributed by atoms with van der Waals surface area (Å²) in [6.45, 7) is 3.54. The smallest absolute Gasteiger partial charge is 0.266 e. The van der Waals surface area contributed by atoms with Gasteiger partial charge >= 0.3 is 0 Å². The number of anilines is 1. The second kappa shape index (κ2) is 6.81. The van der Waals surface area contributed by atoms with Gasteiger partial charge in [-0.3, -0.25) is 9.59 Å². The van der Waals surface area contributed by atoms with Crippen LogP contribution in [0.25, 0.3) is 11.1 Å². The number of ketones is 1. The SMILES string of the molecule is CC(=O)c1cccc(NC(=O)c2sccc2-c2ccc(C)cc2)c1. The van der Waals surface area contributed by atoms with Crippen LogP contribution in [-0.4, -0.2) is 11.7 Å². The van der Waals surface area contributed by atoms with Crippen molar-refractivity contribution in [3.05, 3.63) is 76.0 Å². The van der Waals surface area contributed by atoms with Crippen molar-refractivity contribution in [3.63, 3.8) is 0 Å². The molecule has 2 aromatic carbocycles. The molecule has 0 radical (unpaired) electrons. The molecule has 0 spiro atoms. The van der Waals surface area contributed by atoms with Gasteiger partial charge in [0.1, 0.15) is 0 Å². The molecule has 4 heteroatoms. The van der Waals surface area contributed by atoms with E-state index in [2.05, 4.69) is 5.32 Å². The highest BCUT2D eigenvalue weighted by Gasteiger charge is 2.15. The lowest BCUT2D eigenvalue weighted by atomic mass is 10.0. The predicted octanol–water partition coefficient (Wildman–Crippen LogP) is 5.18. The molecule has 0 aliphatic rings. The Morgan fingerprint density at radius 1 is 1.00 bits per heavy atom. The average Bonchev–Trinajstić information content (AvgIpc) is 3.05. The first-order valence-corrected chi connectivity index (χ1v) is 8.49. The zero-order valence-electron chi connectivity index (χ0n) is 13.5.